The summed E-state index contributed by atoms with van der Waals surface area (Å²) in [5.74, 6) is 0. The Balaban J connectivity index is 1.74. The highest BCUT2D eigenvalue weighted by molar-refractivity contribution is 9.10. The number of nitrogens with one attached hydrogen (secondary N) is 1. The third-order valence-corrected chi connectivity index (χ3v) is 3.48. The van der Waals surface area contributed by atoms with Gasteiger partial charge in [0.1, 0.15) is 10.9 Å². The van der Waals surface area contributed by atoms with Crippen molar-refractivity contribution in [3.8, 4) is 5.69 Å². The fourth-order valence-corrected chi connectivity index (χ4v) is 2.42. The summed E-state index contributed by atoms with van der Waals surface area (Å²) in [6.45, 7) is 2.70. The minimum absolute atomic E-state index is 0.670. The molecule has 0 aliphatic heterocycles. The van der Waals surface area contributed by atoms with Gasteiger partial charge in [-0.3, -0.25) is 0 Å². The number of benzene rings is 1. The van der Waals surface area contributed by atoms with Crippen molar-refractivity contribution in [2.45, 2.75) is 13.5 Å². The molecule has 0 aliphatic carbocycles. The molecule has 3 aromatic rings. The number of halogens is 1. The number of rotatable bonds is 4. The Bertz CT molecular complexity index is 741. The Morgan fingerprint density at radius 1 is 1.24 bits per heavy atom. The van der Waals surface area contributed by atoms with Crippen LogP contribution < -0.4 is 5.32 Å². The van der Waals surface area contributed by atoms with Gasteiger partial charge in [0.15, 0.2) is 0 Å². The van der Waals surface area contributed by atoms with Gasteiger partial charge in [0.25, 0.3) is 0 Å². The molecule has 21 heavy (non-hydrogen) atoms. The van der Waals surface area contributed by atoms with E-state index in [0.717, 1.165) is 27.2 Å². The zero-order valence-corrected chi connectivity index (χ0v) is 12.9. The van der Waals surface area contributed by atoms with Gasteiger partial charge >= 0.3 is 0 Å². The largest absolute Gasteiger partial charge is 0.379 e. The second kappa shape index (κ2) is 6.01. The molecule has 0 aliphatic rings. The summed E-state index contributed by atoms with van der Waals surface area (Å²) < 4.78 is 2.49. The third-order valence-electron chi connectivity index (χ3n) is 3.04. The summed E-state index contributed by atoms with van der Waals surface area (Å²) in [4.78, 5) is 4.39. The average molecular weight is 345 g/mol. The average Bonchev–Trinajstić information content (AvgIpc) is 2.99. The van der Waals surface area contributed by atoms with E-state index >= 15 is 0 Å². The molecular weight excluding hydrogens is 332 g/mol. The van der Waals surface area contributed by atoms with Crippen LogP contribution in [0.2, 0.25) is 0 Å². The Morgan fingerprint density at radius 3 is 2.86 bits per heavy atom. The van der Waals surface area contributed by atoms with Crippen LogP contribution in [0, 0.1) is 6.92 Å². The van der Waals surface area contributed by atoms with E-state index in [1.54, 1.807) is 11.0 Å². The zero-order valence-electron chi connectivity index (χ0n) is 11.4. The fourth-order valence-electron chi connectivity index (χ4n) is 2.04. The maximum absolute atomic E-state index is 4.39. The number of aromatic nitrogens is 5. The highest BCUT2D eigenvalue weighted by Crippen LogP contribution is 2.18. The van der Waals surface area contributed by atoms with Crippen LogP contribution in [0.25, 0.3) is 5.69 Å². The molecule has 2 heterocycles. The number of pyridine rings is 1. The van der Waals surface area contributed by atoms with E-state index in [9.17, 15) is 0 Å². The first-order valence-corrected chi connectivity index (χ1v) is 7.21. The van der Waals surface area contributed by atoms with Crippen molar-refractivity contribution in [1.82, 2.24) is 25.2 Å². The quantitative estimate of drug-likeness (QED) is 0.737. The number of nitrogens with zero attached hydrogens (tertiary/aromatic N) is 5. The van der Waals surface area contributed by atoms with Gasteiger partial charge in [-0.15, -0.1) is 5.10 Å². The van der Waals surface area contributed by atoms with Crippen LogP contribution in [0.1, 0.15) is 11.3 Å². The number of aryl methyl sites for hydroxylation is 1. The van der Waals surface area contributed by atoms with E-state index in [4.69, 9.17) is 0 Å². The first-order valence-electron chi connectivity index (χ1n) is 6.42. The lowest BCUT2D eigenvalue weighted by Gasteiger charge is -2.10. The van der Waals surface area contributed by atoms with Gasteiger partial charge in [-0.25, -0.2) is 9.67 Å². The van der Waals surface area contributed by atoms with Gasteiger partial charge < -0.3 is 5.32 Å². The van der Waals surface area contributed by atoms with Crippen molar-refractivity contribution in [2.24, 2.45) is 0 Å². The zero-order chi connectivity index (χ0) is 14.7. The Hall–Kier alpha value is -2.28. The van der Waals surface area contributed by atoms with Gasteiger partial charge in [0.05, 0.1) is 17.9 Å². The van der Waals surface area contributed by atoms with E-state index < -0.39 is 0 Å². The molecule has 3 rings (SSSR count). The van der Waals surface area contributed by atoms with Crippen molar-refractivity contribution < 1.29 is 0 Å². The summed E-state index contributed by atoms with van der Waals surface area (Å²) in [5.41, 5.74) is 4.07. The molecule has 0 saturated heterocycles. The molecule has 0 fully saturated rings. The van der Waals surface area contributed by atoms with Crippen LogP contribution in [0.5, 0.6) is 0 Å². The predicted molar refractivity (Wildman–Crippen MR) is 83.2 cm³/mol. The molecule has 0 saturated carbocycles. The highest BCUT2D eigenvalue weighted by atomic mass is 79.9. The van der Waals surface area contributed by atoms with Gasteiger partial charge in [-0.05, 0) is 69.2 Å². The molecule has 7 heteroatoms. The van der Waals surface area contributed by atoms with Crippen LogP contribution in [0.15, 0.2) is 47.3 Å². The standard InChI is InChI=1S/C14H13BrN6/c1-10-7-11(5-6-13(10)21-9-17-19-20-21)16-8-12-3-2-4-14(15)18-12/h2-7,9,16H,8H2,1H3. The number of hydrogen-bond donors (Lipinski definition) is 1. The molecule has 0 unspecified atom stereocenters. The number of anilines is 1. The Morgan fingerprint density at radius 2 is 2.14 bits per heavy atom. The summed E-state index contributed by atoms with van der Waals surface area (Å²) in [5, 5.41) is 14.6. The second-order valence-corrected chi connectivity index (χ2v) is 5.37. The normalized spacial score (nSPS) is 10.6. The van der Waals surface area contributed by atoms with Crippen LogP contribution in [0.4, 0.5) is 5.69 Å². The number of tetrazole rings is 1. The molecule has 106 valence electrons. The molecule has 0 spiro atoms. The van der Waals surface area contributed by atoms with E-state index in [1.807, 2.05) is 37.3 Å². The van der Waals surface area contributed by atoms with E-state index in [-0.39, 0.29) is 0 Å². The molecule has 0 bridgehead atoms. The van der Waals surface area contributed by atoms with E-state index in [1.165, 1.54) is 0 Å². The monoisotopic (exact) mass is 344 g/mol. The molecule has 1 N–H and O–H groups in total. The number of hydrogen-bond acceptors (Lipinski definition) is 5. The first kappa shape index (κ1) is 13.7. The maximum atomic E-state index is 4.39. The van der Waals surface area contributed by atoms with Crippen LogP contribution in [-0.2, 0) is 6.54 Å². The molecular formula is C14H13BrN6. The molecule has 2 aromatic heterocycles. The molecule has 1 aromatic carbocycles. The Kier molecular flexibility index (Phi) is 3.92. The summed E-state index contributed by atoms with van der Waals surface area (Å²) in [7, 11) is 0. The van der Waals surface area contributed by atoms with Crippen LogP contribution in [-0.4, -0.2) is 25.2 Å². The maximum Gasteiger partial charge on any atom is 0.143 e. The lowest BCUT2D eigenvalue weighted by molar-refractivity contribution is 0.785. The minimum Gasteiger partial charge on any atom is -0.379 e. The van der Waals surface area contributed by atoms with Crippen molar-refractivity contribution in [3.63, 3.8) is 0 Å². The van der Waals surface area contributed by atoms with Gasteiger partial charge in [0.2, 0.25) is 0 Å². The fraction of sp³-hybridized carbons (Fsp3) is 0.143. The van der Waals surface area contributed by atoms with Crippen molar-refractivity contribution >= 4 is 21.6 Å². The smallest absolute Gasteiger partial charge is 0.143 e. The summed E-state index contributed by atoms with van der Waals surface area (Å²) in [6.07, 6.45) is 1.58. The van der Waals surface area contributed by atoms with Gasteiger partial charge in [-0.2, -0.15) is 0 Å². The van der Waals surface area contributed by atoms with Crippen molar-refractivity contribution in [1.29, 1.82) is 0 Å². The van der Waals surface area contributed by atoms with Gasteiger partial charge in [-0.1, -0.05) is 6.07 Å². The first-order chi connectivity index (χ1) is 10.2. The lowest BCUT2D eigenvalue weighted by atomic mass is 10.1. The van der Waals surface area contributed by atoms with E-state index in [2.05, 4.69) is 47.8 Å². The second-order valence-electron chi connectivity index (χ2n) is 4.56. The van der Waals surface area contributed by atoms with Crippen LogP contribution >= 0.6 is 15.9 Å². The SMILES string of the molecule is Cc1cc(NCc2cccc(Br)n2)ccc1-n1cnnn1. The van der Waals surface area contributed by atoms with Crippen molar-refractivity contribution in [3.05, 3.63) is 58.6 Å². The third kappa shape index (κ3) is 3.25. The molecule has 0 atom stereocenters. The summed E-state index contributed by atoms with van der Waals surface area (Å²) in [6, 6.07) is 11.9. The van der Waals surface area contributed by atoms with E-state index in [0.29, 0.717) is 6.54 Å². The van der Waals surface area contributed by atoms with Gasteiger partial charge in [0, 0.05) is 5.69 Å². The minimum atomic E-state index is 0.670. The summed E-state index contributed by atoms with van der Waals surface area (Å²) >= 11 is 3.37. The molecule has 0 radical (unpaired) electrons. The van der Waals surface area contributed by atoms with Crippen LogP contribution in [0.3, 0.4) is 0 Å². The Labute approximate surface area is 130 Å². The van der Waals surface area contributed by atoms with Crippen molar-refractivity contribution in [2.75, 3.05) is 5.32 Å². The predicted octanol–water partition coefficient (Wildman–Crippen LogP) is 2.74. The molecule has 6 nitrogen and oxygen atoms in total. The lowest BCUT2D eigenvalue weighted by Crippen LogP contribution is -2.03. The highest BCUT2D eigenvalue weighted by Gasteiger charge is 2.04. The topological polar surface area (TPSA) is 68.5 Å². The molecule has 0 amide bonds.